The van der Waals surface area contributed by atoms with Gasteiger partial charge in [-0.2, -0.15) is 0 Å². The molecular formula is C16H23NO3. The van der Waals surface area contributed by atoms with Gasteiger partial charge in [0, 0.05) is 6.04 Å². The summed E-state index contributed by atoms with van der Waals surface area (Å²) < 4.78 is 5.32. The summed E-state index contributed by atoms with van der Waals surface area (Å²) in [6.45, 7) is 2.23. The second kappa shape index (κ2) is 6.64. The van der Waals surface area contributed by atoms with Crippen molar-refractivity contribution in [3.8, 4) is 5.75 Å². The van der Waals surface area contributed by atoms with Crippen LogP contribution in [-0.4, -0.2) is 24.2 Å². The number of carbonyl (C=O) groups is 1. The molecule has 1 fully saturated rings. The summed E-state index contributed by atoms with van der Waals surface area (Å²) in [4.78, 5) is 11.1. The van der Waals surface area contributed by atoms with Crippen LogP contribution in [0.15, 0.2) is 18.2 Å². The van der Waals surface area contributed by atoms with Crippen LogP contribution in [0, 0.1) is 5.92 Å². The van der Waals surface area contributed by atoms with Gasteiger partial charge in [0.25, 0.3) is 0 Å². The van der Waals surface area contributed by atoms with Crippen molar-refractivity contribution in [2.24, 2.45) is 5.92 Å². The van der Waals surface area contributed by atoms with Gasteiger partial charge in [-0.1, -0.05) is 26.2 Å². The second-order valence-corrected chi connectivity index (χ2v) is 5.50. The Labute approximate surface area is 120 Å². The number of hydrogen-bond acceptors (Lipinski definition) is 3. The minimum atomic E-state index is -0.911. The van der Waals surface area contributed by atoms with Gasteiger partial charge in [0.05, 0.1) is 18.4 Å². The van der Waals surface area contributed by atoms with Crippen LogP contribution in [0.4, 0.5) is 5.69 Å². The van der Waals surface area contributed by atoms with E-state index in [-0.39, 0.29) is 5.56 Å². The Kier molecular flexibility index (Phi) is 4.88. The highest BCUT2D eigenvalue weighted by molar-refractivity contribution is 5.89. The Morgan fingerprint density at radius 3 is 2.90 bits per heavy atom. The van der Waals surface area contributed by atoms with Crippen LogP contribution in [0.25, 0.3) is 0 Å². The number of nitrogens with one attached hydrogen (secondary N) is 1. The minimum absolute atomic E-state index is 0.288. The first kappa shape index (κ1) is 14.7. The Hall–Kier alpha value is -1.71. The summed E-state index contributed by atoms with van der Waals surface area (Å²) in [5.41, 5.74) is 1.07. The number of aromatic carboxylic acids is 1. The van der Waals surface area contributed by atoms with Crippen LogP contribution in [0.3, 0.4) is 0 Å². The maximum atomic E-state index is 11.1. The normalized spacial score (nSPS) is 22.3. The van der Waals surface area contributed by atoms with Crippen LogP contribution in [0.5, 0.6) is 5.75 Å². The predicted molar refractivity (Wildman–Crippen MR) is 79.6 cm³/mol. The maximum Gasteiger partial charge on any atom is 0.335 e. The van der Waals surface area contributed by atoms with E-state index in [1.807, 2.05) is 0 Å². The van der Waals surface area contributed by atoms with E-state index in [9.17, 15) is 4.79 Å². The van der Waals surface area contributed by atoms with E-state index in [4.69, 9.17) is 9.84 Å². The molecule has 0 radical (unpaired) electrons. The highest BCUT2D eigenvalue weighted by Gasteiger charge is 2.21. The van der Waals surface area contributed by atoms with Gasteiger partial charge >= 0.3 is 5.97 Å². The molecule has 1 aromatic rings. The molecule has 20 heavy (non-hydrogen) atoms. The molecule has 0 amide bonds. The van der Waals surface area contributed by atoms with E-state index >= 15 is 0 Å². The number of hydrogen-bond donors (Lipinski definition) is 2. The van der Waals surface area contributed by atoms with Gasteiger partial charge in [0.15, 0.2) is 0 Å². The molecule has 4 heteroatoms. The van der Waals surface area contributed by atoms with Gasteiger partial charge in [0.1, 0.15) is 5.75 Å². The quantitative estimate of drug-likeness (QED) is 0.860. The molecule has 0 heterocycles. The molecule has 2 unspecified atom stereocenters. The third kappa shape index (κ3) is 3.44. The molecule has 0 bridgehead atoms. The fourth-order valence-corrected chi connectivity index (χ4v) is 2.97. The Morgan fingerprint density at radius 2 is 2.25 bits per heavy atom. The average molecular weight is 277 g/mol. The Balaban J connectivity index is 2.14. The molecule has 0 aromatic heterocycles. The number of ether oxygens (including phenoxy) is 1. The molecule has 0 aliphatic heterocycles. The molecule has 1 aliphatic rings. The zero-order valence-corrected chi connectivity index (χ0v) is 12.2. The first-order valence-electron chi connectivity index (χ1n) is 7.32. The summed E-state index contributed by atoms with van der Waals surface area (Å²) in [5.74, 6) is 0.564. The lowest BCUT2D eigenvalue weighted by molar-refractivity contribution is 0.0697. The topological polar surface area (TPSA) is 58.6 Å². The lowest BCUT2D eigenvalue weighted by Gasteiger charge is -2.30. The number of methoxy groups -OCH3 is 1. The number of anilines is 1. The number of benzene rings is 1. The minimum Gasteiger partial charge on any atom is -0.495 e. The van der Waals surface area contributed by atoms with Crippen LogP contribution in [0.2, 0.25) is 0 Å². The van der Waals surface area contributed by atoms with Crippen molar-refractivity contribution in [2.75, 3.05) is 12.4 Å². The van der Waals surface area contributed by atoms with Crippen LogP contribution < -0.4 is 10.1 Å². The van der Waals surface area contributed by atoms with Gasteiger partial charge in [-0.25, -0.2) is 4.79 Å². The molecule has 1 aliphatic carbocycles. The molecular weight excluding hydrogens is 254 g/mol. The van der Waals surface area contributed by atoms with Crippen molar-refractivity contribution in [3.05, 3.63) is 23.8 Å². The van der Waals surface area contributed by atoms with E-state index in [1.54, 1.807) is 25.3 Å². The summed E-state index contributed by atoms with van der Waals surface area (Å²) in [6.07, 6.45) is 6.04. The molecule has 2 atom stereocenters. The smallest absolute Gasteiger partial charge is 0.335 e. The average Bonchev–Trinajstić information content (AvgIpc) is 2.47. The standard InChI is InChI=1S/C16H23NO3/c1-3-11-5-4-6-13(9-11)17-14-10-12(16(18)19)7-8-15(14)20-2/h7-8,10-11,13,17H,3-6,9H2,1-2H3,(H,18,19). The van der Waals surface area contributed by atoms with Gasteiger partial charge in [-0.15, -0.1) is 0 Å². The van der Waals surface area contributed by atoms with Gasteiger partial charge < -0.3 is 15.2 Å². The zero-order chi connectivity index (χ0) is 14.5. The maximum absolute atomic E-state index is 11.1. The van der Waals surface area contributed by atoms with Crippen molar-refractivity contribution < 1.29 is 14.6 Å². The van der Waals surface area contributed by atoms with Gasteiger partial charge in [-0.05, 0) is 37.0 Å². The van der Waals surface area contributed by atoms with Gasteiger partial charge in [-0.3, -0.25) is 0 Å². The molecule has 1 saturated carbocycles. The highest BCUT2D eigenvalue weighted by Crippen LogP contribution is 2.32. The molecule has 2 N–H and O–H groups in total. The first-order valence-corrected chi connectivity index (χ1v) is 7.32. The molecule has 1 aromatic carbocycles. The van der Waals surface area contributed by atoms with Crippen LogP contribution in [-0.2, 0) is 0 Å². The van der Waals surface area contributed by atoms with Crippen molar-refractivity contribution >= 4 is 11.7 Å². The Morgan fingerprint density at radius 1 is 1.45 bits per heavy atom. The van der Waals surface area contributed by atoms with Crippen molar-refractivity contribution in [1.82, 2.24) is 0 Å². The number of carboxylic acids is 1. The zero-order valence-electron chi connectivity index (χ0n) is 12.2. The lowest BCUT2D eigenvalue weighted by Crippen LogP contribution is -2.27. The SMILES string of the molecule is CCC1CCCC(Nc2cc(C(=O)O)ccc2OC)C1. The van der Waals surface area contributed by atoms with E-state index in [1.165, 1.54) is 19.3 Å². The largest absolute Gasteiger partial charge is 0.495 e. The predicted octanol–water partition coefficient (Wildman–Crippen LogP) is 3.77. The highest BCUT2D eigenvalue weighted by atomic mass is 16.5. The third-order valence-corrected chi connectivity index (χ3v) is 4.17. The molecule has 0 saturated heterocycles. The molecule has 4 nitrogen and oxygen atoms in total. The number of rotatable bonds is 5. The van der Waals surface area contributed by atoms with Gasteiger partial charge in [0.2, 0.25) is 0 Å². The van der Waals surface area contributed by atoms with Crippen LogP contribution >= 0.6 is 0 Å². The van der Waals surface area contributed by atoms with Crippen LogP contribution in [0.1, 0.15) is 49.4 Å². The third-order valence-electron chi connectivity index (χ3n) is 4.17. The van der Waals surface area contributed by atoms with Crippen molar-refractivity contribution in [3.63, 3.8) is 0 Å². The molecule has 2 rings (SSSR count). The van der Waals surface area contributed by atoms with E-state index in [0.29, 0.717) is 11.8 Å². The van der Waals surface area contributed by atoms with Crippen molar-refractivity contribution in [1.29, 1.82) is 0 Å². The van der Waals surface area contributed by atoms with E-state index in [0.717, 1.165) is 24.4 Å². The van der Waals surface area contributed by atoms with E-state index in [2.05, 4.69) is 12.2 Å². The second-order valence-electron chi connectivity index (χ2n) is 5.50. The lowest BCUT2D eigenvalue weighted by atomic mass is 9.84. The summed E-state index contributed by atoms with van der Waals surface area (Å²) in [7, 11) is 1.61. The number of carboxylic acid groups (broad SMARTS) is 1. The molecule has 0 spiro atoms. The fraction of sp³-hybridized carbons (Fsp3) is 0.562. The summed E-state index contributed by atoms with van der Waals surface area (Å²) in [6, 6.07) is 5.36. The molecule has 110 valence electrons. The first-order chi connectivity index (χ1) is 9.63. The fourth-order valence-electron chi connectivity index (χ4n) is 2.97. The summed E-state index contributed by atoms with van der Waals surface area (Å²) in [5, 5.41) is 12.6. The monoisotopic (exact) mass is 277 g/mol. The Bertz CT molecular complexity index is 473. The summed E-state index contributed by atoms with van der Waals surface area (Å²) >= 11 is 0. The van der Waals surface area contributed by atoms with Crippen molar-refractivity contribution in [2.45, 2.75) is 45.1 Å². The van der Waals surface area contributed by atoms with E-state index < -0.39 is 5.97 Å².